The topological polar surface area (TPSA) is 41.6 Å². The Kier molecular flexibility index (Phi) is 6.52. The third kappa shape index (κ3) is 6.03. The number of carbonyl (C=O) groups excluding carboxylic acids is 1. The van der Waals surface area contributed by atoms with Crippen LogP contribution in [0.4, 0.5) is 0 Å². The zero-order chi connectivity index (χ0) is 12.7. The quantitative estimate of drug-likeness (QED) is 0.712. The molecule has 1 N–H and O–H groups in total. The first kappa shape index (κ1) is 14.5. The predicted octanol–water partition coefficient (Wildman–Crippen LogP) is 1.26. The first-order valence-corrected chi connectivity index (χ1v) is 6.69. The molecule has 0 aromatic carbocycles. The summed E-state index contributed by atoms with van der Waals surface area (Å²) in [6.07, 6.45) is 3.05. The molecule has 0 aromatic heterocycles. The van der Waals surface area contributed by atoms with Gasteiger partial charge < -0.3 is 15.0 Å². The fraction of sp³-hybridized carbons (Fsp3) is 0.923. The van der Waals surface area contributed by atoms with Crippen LogP contribution in [0.3, 0.4) is 0 Å². The lowest BCUT2D eigenvalue weighted by atomic mass is 9.98. The van der Waals surface area contributed by atoms with Crippen LogP contribution in [0.15, 0.2) is 0 Å². The van der Waals surface area contributed by atoms with E-state index in [9.17, 15) is 4.79 Å². The summed E-state index contributed by atoms with van der Waals surface area (Å²) in [4.78, 5) is 13.7. The Morgan fingerprint density at radius 2 is 2.35 bits per heavy atom. The minimum atomic E-state index is -0.103. The highest BCUT2D eigenvalue weighted by molar-refractivity contribution is 5.69. The van der Waals surface area contributed by atoms with E-state index in [0.717, 1.165) is 12.5 Å². The van der Waals surface area contributed by atoms with Crippen molar-refractivity contribution in [2.75, 3.05) is 33.3 Å². The van der Waals surface area contributed by atoms with Crippen molar-refractivity contribution in [3.05, 3.63) is 0 Å². The van der Waals surface area contributed by atoms with Crippen molar-refractivity contribution < 1.29 is 9.53 Å². The molecule has 1 rings (SSSR count). The molecule has 0 spiro atoms. The van der Waals surface area contributed by atoms with Crippen LogP contribution in [-0.2, 0) is 9.53 Å². The molecule has 4 heteroatoms. The van der Waals surface area contributed by atoms with Crippen molar-refractivity contribution in [1.29, 1.82) is 0 Å². The average molecular weight is 242 g/mol. The summed E-state index contributed by atoms with van der Waals surface area (Å²) in [5.41, 5.74) is 0. The normalized spacial score (nSPS) is 23.4. The zero-order valence-corrected chi connectivity index (χ0v) is 11.4. The fourth-order valence-electron chi connectivity index (χ4n) is 2.35. The van der Waals surface area contributed by atoms with Crippen molar-refractivity contribution in [2.45, 2.75) is 39.2 Å². The van der Waals surface area contributed by atoms with Gasteiger partial charge in [-0.05, 0) is 52.7 Å². The lowest BCUT2D eigenvalue weighted by Gasteiger charge is -2.30. The smallest absolute Gasteiger partial charge is 0.307 e. The molecule has 0 aromatic rings. The van der Waals surface area contributed by atoms with Crippen LogP contribution in [0.25, 0.3) is 0 Å². The Morgan fingerprint density at radius 1 is 1.59 bits per heavy atom. The van der Waals surface area contributed by atoms with Crippen LogP contribution < -0.4 is 5.32 Å². The van der Waals surface area contributed by atoms with E-state index in [0.29, 0.717) is 13.0 Å². The second-order valence-corrected chi connectivity index (χ2v) is 5.09. The van der Waals surface area contributed by atoms with E-state index in [1.165, 1.54) is 25.9 Å². The van der Waals surface area contributed by atoms with Gasteiger partial charge in [-0.3, -0.25) is 4.79 Å². The van der Waals surface area contributed by atoms with Gasteiger partial charge >= 0.3 is 5.97 Å². The van der Waals surface area contributed by atoms with E-state index >= 15 is 0 Å². The molecule has 4 nitrogen and oxygen atoms in total. The average Bonchev–Trinajstić information content (AvgIpc) is 2.27. The van der Waals surface area contributed by atoms with Crippen molar-refractivity contribution in [2.24, 2.45) is 5.92 Å². The maximum absolute atomic E-state index is 11.3. The molecule has 2 unspecified atom stereocenters. The van der Waals surface area contributed by atoms with Gasteiger partial charge in [-0.25, -0.2) is 0 Å². The van der Waals surface area contributed by atoms with Crippen molar-refractivity contribution in [3.63, 3.8) is 0 Å². The van der Waals surface area contributed by atoms with Gasteiger partial charge in [-0.2, -0.15) is 0 Å². The first-order chi connectivity index (χ1) is 8.11. The summed E-state index contributed by atoms with van der Waals surface area (Å²) >= 11 is 0. The van der Waals surface area contributed by atoms with E-state index in [1.807, 2.05) is 13.8 Å². The van der Waals surface area contributed by atoms with Crippen LogP contribution >= 0.6 is 0 Å². The highest BCUT2D eigenvalue weighted by Gasteiger charge is 2.18. The maximum Gasteiger partial charge on any atom is 0.307 e. The van der Waals surface area contributed by atoms with Gasteiger partial charge in [-0.15, -0.1) is 0 Å². The number of esters is 1. The van der Waals surface area contributed by atoms with E-state index < -0.39 is 0 Å². The summed E-state index contributed by atoms with van der Waals surface area (Å²) in [6.45, 7) is 7.75. The second-order valence-electron chi connectivity index (χ2n) is 5.09. The third-order valence-corrected chi connectivity index (χ3v) is 3.26. The van der Waals surface area contributed by atoms with Gasteiger partial charge in [0.2, 0.25) is 0 Å². The monoisotopic (exact) mass is 242 g/mol. The summed E-state index contributed by atoms with van der Waals surface area (Å²) in [5, 5.41) is 3.43. The van der Waals surface area contributed by atoms with E-state index in [4.69, 9.17) is 4.74 Å². The molecule has 2 atom stereocenters. The Labute approximate surface area is 105 Å². The van der Waals surface area contributed by atoms with Crippen molar-refractivity contribution >= 4 is 5.97 Å². The van der Waals surface area contributed by atoms with Crippen molar-refractivity contribution in [1.82, 2.24) is 10.2 Å². The summed E-state index contributed by atoms with van der Waals surface area (Å²) in [6, 6.07) is 0.210. The van der Waals surface area contributed by atoms with E-state index in [2.05, 4.69) is 17.3 Å². The molecule has 1 fully saturated rings. The van der Waals surface area contributed by atoms with E-state index in [1.54, 1.807) is 0 Å². The maximum atomic E-state index is 11.3. The Hall–Kier alpha value is -0.610. The van der Waals surface area contributed by atoms with Crippen molar-refractivity contribution in [3.8, 4) is 0 Å². The molecule has 0 bridgehead atoms. The number of rotatable bonds is 6. The minimum absolute atomic E-state index is 0.103. The number of nitrogens with one attached hydrogen (secondary N) is 1. The minimum Gasteiger partial charge on any atom is -0.466 e. The van der Waals surface area contributed by atoms with Gasteiger partial charge in [0.15, 0.2) is 0 Å². The van der Waals surface area contributed by atoms with E-state index in [-0.39, 0.29) is 12.0 Å². The largest absolute Gasteiger partial charge is 0.466 e. The molecule has 1 heterocycles. The fourth-order valence-corrected chi connectivity index (χ4v) is 2.35. The number of nitrogens with zero attached hydrogens (tertiary/aromatic N) is 1. The molecule has 0 amide bonds. The number of hydrogen-bond donors (Lipinski definition) is 1. The molecule has 1 saturated heterocycles. The molecule has 1 aliphatic rings. The molecule has 0 saturated carbocycles. The summed E-state index contributed by atoms with van der Waals surface area (Å²) in [5.74, 6) is 0.617. The van der Waals surface area contributed by atoms with Gasteiger partial charge in [-0.1, -0.05) is 0 Å². The number of hydrogen-bond acceptors (Lipinski definition) is 4. The predicted molar refractivity (Wildman–Crippen MR) is 68.9 cm³/mol. The van der Waals surface area contributed by atoms with Gasteiger partial charge in [0.05, 0.1) is 13.0 Å². The summed E-state index contributed by atoms with van der Waals surface area (Å²) in [7, 11) is 2.17. The lowest BCUT2D eigenvalue weighted by Crippen LogP contribution is -2.40. The summed E-state index contributed by atoms with van der Waals surface area (Å²) < 4.78 is 4.93. The van der Waals surface area contributed by atoms with Crippen LogP contribution in [0.5, 0.6) is 0 Å². The first-order valence-electron chi connectivity index (χ1n) is 6.69. The molecule has 0 aliphatic carbocycles. The molecular weight excluding hydrogens is 216 g/mol. The molecule has 100 valence electrons. The zero-order valence-electron chi connectivity index (χ0n) is 11.4. The number of piperidine rings is 1. The lowest BCUT2D eigenvalue weighted by molar-refractivity contribution is -0.143. The van der Waals surface area contributed by atoms with Gasteiger partial charge in [0.1, 0.15) is 0 Å². The number of likely N-dealkylation sites (tertiary alicyclic amines) is 1. The molecular formula is C13H26N2O2. The Balaban J connectivity index is 2.14. The van der Waals surface area contributed by atoms with Crippen LogP contribution in [-0.4, -0.2) is 50.2 Å². The number of ether oxygens (including phenoxy) is 1. The molecule has 0 radical (unpaired) electrons. The van der Waals surface area contributed by atoms with Gasteiger partial charge in [0.25, 0.3) is 0 Å². The Morgan fingerprint density at radius 3 is 3.00 bits per heavy atom. The molecule has 17 heavy (non-hydrogen) atoms. The second kappa shape index (κ2) is 7.67. The van der Waals surface area contributed by atoms with Crippen LogP contribution in [0.1, 0.15) is 33.1 Å². The van der Waals surface area contributed by atoms with Gasteiger partial charge in [0, 0.05) is 12.6 Å². The highest BCUT2D eigenvalue weighted by Crippen LogP contribution is 2.14. The van der Waals surface area contributed by atoms with Crippen LogP contribution in [0, 0.1) is 5.92 Å². The van der Waals surface area contributed by atoms with Crippen LogP contribution in [0.2, 0.25) is 0 Å². The SMILES string of the molecule is CCOC(=O)CC(C)NCC1CCCN(C)C1. The third-order valence-electron chi connectivity index (χ3n) is 3.26. The number of carbonyl (C=O) groups is 1. The standard InChI is InChI=1S/C13H26N2O2/c1-4-17-13(16)8-11(2)14-9-12-6-5-7-15(3)10-12/h11-12,14H,4-10H2,1-3H3. The Bertz CT molecular complexity index is 233. The highest BCUT2D eigenvalue weighted by atomic mass is 16.5. The molecule has 1 aliphatic heterocycles.